The first-order chi connectivity index (χ1) is 21.0. The largest absolute Gasteiger partial charge is 0.459 e. The smallest absolute Gasteiger partial charge is 0.338 e. The molecule has 3 heterocycles. The van der Waals surface area contributed by atoms with E-state index >= 15 is 0 Å². The highest BCUT2D eigenvalue weighted by Gasteiger charge is 2.51. The van der Waals surface area contributed by atoms with Crippen molar-refractivity contribution in [2.24, 2.45) is 0 Å². The van der Waals surface area contributed by atoms with Crippen LogP contribution >= 0.6 is 11.6 Å². The second kappa shape index (κ2) is 12.4. The summed E-state index contributed by atoms with van der Waals surface area (Å²) in [7, 11) is 0. The monoisotopic (exact) mass is 597 g/mol. The Morgan fingerprint density at radius 2 is 1.26 bits per heavy atom. The Hall–Kier alpha value is -5.06. The minimum atomic E-state index is -1.18. The van der Waals surface area contributed by atoms with E-state index in [1.54, 1.807) is 108 Å². The molecule has 43 heavy (non-hydrogen) atoms. The van der Waals surface area contributed by atoms with Crippen molar-refractivity contribution in [2.45, 2.75) is 24.5 Å². The van der Waals surface area contributed by atoms with E-state index in [0.717, 1.165) is 0 Å². The van der Waals surface area contributed by atoms with Gasteiger partial charge in [-0.25, -0.2) is 24.4 Å². The van der Waals surface area contributed by atoms with Gasteiger partial charge in [-0.2, -0.15) is 0 Å². The van der Waals surface area contributed by atoms with E-state index in [4.69, 9.17) is 30.5 Å². The maximum absolute atomic E-state index is 13.3. The average molecular weight is 598 g/mol. The molecule has 11 heteroatoms. The fourth-order valence-electron chi connectivity index (χ4n) is 4.83. The molecule has 5 aromatic rings. The number of halogens is 1. The molecule has 10 nitrogen and oxygen atoms in total. The number of rotatable bonds is 8. The number of fused-ring (bicyclic) bond motifs is 1. The minimum Gasteiger partial charge on any atom is -0.459 e. The summed E-state index contributed by atoms with van der Waals surface area (Å²) >= 11 is 6.30. The van der Waals surface area contributed by atoms with Crippen molar-refractivity contribution in [1.82, 2.24) is 14.5 Å². The summed E-state index contributed by atoms with van der Waals surface area (Å²) in [5.74, 6) is -1.92. The van der Waals surface area contributed by atoms with Gasteiger partial charge < -0.3 is 23.5 Å². The number of nitrogens with zero attached hydrogens (tertiary/aromatic N) is 3. The van der Waals surface area contributed by atoms with Crippen molar-refractivity contribution in [3.05, 3.63) is 131 Å². The molecule has 3 aromatic carbocycles. The van der Waals surface area contributed by atoms with E-state index in [1.165, 1.54) is 6.33 Å². The zero-order valence-corrected chi connectivity index (χ0v) is 23.2. The molecule has 2 aromatic heterocycles. The lowest BCUT2D eigenvalue weighted by atomic mass is 10.1. The topological polar surface area (TPSA) is 119 Å². The molecule has 4 atom stereocenters. The van der Waals surface area contributed by atoms with Gasteiger partial charge in [-0.15, -0.1) is 0 Å². The number of aromatic nitrogens is 3. The van der Waals surface area contributed by atoms with Crippen molar-refractivity contribution in [2.75, 3.05) is 6.61 Å². The molecule has 1 unspecified atom stereocenters. The van der Waals surface area contributed by atoms with Crippen molar-refractivity contribution in [3.63, 3.8) is 0 Å². The Labute approximate surface area is 250 Å². The molecular weight excluding hydrogens is 574 g/mol. The summed E-state index contributed by atoms with van der Waals surface area (Å²) in [4.78, 5) is 47.8. The Balaban J connectivity index is 1.37. The molecule has 0 amide bonds. The van der Waals surface area contributed by atoms with Crippen LogP contribution in [0.4, 0.5) is 0 Å². The third kappa shape index (κ3) is 5.97. The van der Waals surface area contributed by atoms with Gasteiger partial charge in [0.15, 0.2) is 18.4 Å². The fraction of sp³-hybridized carbons (Fsp3) is 0.156. The van der Waals surface area contributed by atoms with E-state index in [1.807, 2.05) is 0 Å². The highest BCUT2D eigenvalue weighted by Crippen LogP contribution is 2.37. The number of esters is 3. The standard InChI is InChI=1S/C32H24ClN3O7/c33-27-23-16-17-36(28(23)35-19-34-27)29-26(43-32(39)22-14-8-3-9-15-22)25(42-31(38)21-12-6-2-7-13-21)24(41-29)18-40-30(37)20-10-4-1-5-11-20/h1-17,19,24-26,29H,18H2/t24-,25?,26+,29-/m1/s1. The molecular formula is C32H24ClN3O7. The Morgan fingerprint density at radius 3 is 1.84 bits per heavy atom. The highest BCUT2D eigenvalue weighted by molar-refractivity contribution is 6.33. The van der Waals surface area contributed by atoms with Crippen molar-refractivity contribution in [3.8, 4) is 0 Å². The van der Waals surface area contributed by atoms with Crippen molar-refractivity contribution in [1.29, 1.82) is 0 Å². The van der Waals surface area contributed by atoms with Crippen LogP contribution in [0.25, 0.3) is 11.0 Å². The number of benzene rings is 3. The lowest BCUT2D eigenvalue weighted by Crippen LogP contribution is -2.41. The second-order valence-corrected chi connectivity index (χ2v) is 9.98. The number of carbonyl (C=O) groups excluding carboxylic acids is 3. The third-order valence-corrected chi connectivity index (χ3v) is 7.21. The summed E-state index contributed by atoms with van der Waals surface area (Å²) in [6.45, 7) is -0.300. The predicted octanol–water partition coefficient (Wildman–Crippen LogP) is 5.29. The molecule has 0 N–H and O–H groups in total. The molecule has 6 rings (SSSR count). The van der Waals surface area contributed by atoms with Crippen LogP contribution in [0, 0.1) is 0 Å². The maximum Gasteiger partial charge on any atom is 0.338 e. The van der Waals surface area contributed by atoms with Gasteiger partial charge in [-0.3, -0.25) is 0 Å². The first-order valence-electron chi connectivity index (χ1n) is 13.4. The zero-order valence-electron chi connectivity index (χ0n) is 22.5. The molecule has 1 fully saturated rings. The number of carbonyl (C=O) groups is 3. The quantitative estimate of drug-likeness (QED) is 0.133. The van der Waals surface area contributed by atoms with E-state index in [2.05, 4.69) is 9.97 Å². The van der Waals surface area contributed by atoms with Gasteiger partial charge in [-0.05, 0) is 42.5 Å². The van der Waals surface area contributed by atoms with Crippen LogP contribution in [-0.2, 0) is 18.9 Å². The van der Waals surface area contributed by atoms with Gasteiger partial charge in [0, 0.05) is 6.20 Å². The molecule has 0 saturated carbocycles. The van der Waals surface area contributed by atoms with E-state index in [9.17, 15) is 14.4 Å². The lowest BCUT2D eigenvalue weighted by molar-refractivity contribution is -0.0604. The van der Waals surface area contributed by atoms with Gasteiger partial charge in [0.1, 0.15) is 29.8 Å². The first kappa shape index (κ1) is 28.1. The predicted molar refractivity (Wildman–Crippen MR) is 154 cm³/mol. The summed E-state index contributed by atoms with van der Waals surface area (Å²) < 4.78 is 25.5. The summed E-state index contributed by atoms with van der Waals surface area (Å²) in [6.07, 6.45) is -1.45. The number of hydrogen-bond acceptors (Lipinski definition) is 9. The molecule has 1 saturated heterocycles. The van der Waals surface area contributed by atoms with E-state index in [0.29, 0.717) is 16.6 Å². The van der Waals surface area contributed by atoms with Crippen LogP contribution in [-0.4, -0.2) is 57.4 Å². The average Bonchev–Trinajstić information content (AvgIpc) is 3.63. The molecule has 1 aliphatic heterocycles. The summed E-state index contributed by atoms with van der Waals surface area (Å²) in [6, 6.07) is 26.9. The van der Waals surface area contributed by atoms with Crippen LogP contribution < -0.4 is 0 Å². The third-order valence-electron chi connectivity index (χ3n) is 6.91. The fourth-order valence-corrected chi connectivity index (χ4v) is 5.02. The normalized spacial score (nSPS) is 19.6. The number of hydrogen-bond donors (Lipinski definition) is 0. The van der Waals surface area contributed by atoms with Crippen LogP contribution in [0.15, 0.2) is 110 Å². The van der Waals surface area contributed by atoms with Crippen LogP contribution in [0.3, 0.4) is 0 Å². The molecule has 0 aliphatic carbocycles. The van der Waals surface area contributed by atoms with Gasteiger partial charge in [0.05, 0.1) is 22.1 Å². The molecule has 0 bridgehead atoms. The van der Waals surface area contributed by atoms with Crippen LogP contribution in [0.5, 0.6) is 0 Å². The second-order valence-electron chi connectivity index (χ2n) is 9.63. The highest BCUT2D eigenvalue weighted by atomic mass is 35.5. The summed E-state index contributed by atoms with van der Waals surface area (Å²) in [5.41, 5.74) is 1.31. The molecule has 1 aliphatic rings. The van der Waals surface area contributed by atoms with Gasteiger partial charge in [0.2, 0.25) is 0 Å². The minimum absolute atomic E-state index is 0.222. The van der Waals surface area contributed by atoms with Crippen molar-refractivity contribution < 1.29 is 33.3 Å². The lowest BCUT2D eigenvalue weighted by Gasteiger charge is -2.25. The van der Waals surface area contributed by atoms with Crippen LogP contribution in [0.2, 0.25) is 5.15 Å². The number of ether oxygens (including phenoxy) is 4. The van der Waals surface area contributed by atoms with Crippen LogP contribution in [0.1, 0.15) is 37.3 Å². The first-order valence-corrected chi connectivity index (χ1v) is 13.7. The Morgan fingerprint density at radius 1 is 0.721 bits per heavy atom. The van der Waals surface area contributed by atoms with Gasteiger partial charge in [-0.1, -0.05) is 66.2 Å². The van der Waals surface area contributed by atoms with Gasteiger partial charge in [0.25, 0.3) is 0 Å². The van der Waals surface area contributed by atoms with E-state index < -0.39 is 42.4 Å². The Kier molecular flexibility index (Phi) is 8.12. The van der Waals surface area contributed by atoms with Gasteiger partial charge >= 0.3 is 17.9 Å². The zero-order chi connectivity index (χ0) is 29.8. The van der Waals surface area contributed by atoms with E-state index in [-0.39, 0.29) is 22.9 Å². The SMILES string of the molecule is O=C(OC[C@H]1O[C@@H](n2ccc3c(Cl)ncnc32)[C@@H](OC(=O)c2ccccc2)C1OC(=O)c1ccccc1)c1ccccc1. The molecule has 0 radical (unpaired) electrons. The maximum atomic E-state index is 13.3. The Bertz CT molecular complexity index is 1750. The summed E-state index contributed by atoms with van der Waals surface area (Å²) in [5, 5.41) is 0.762. The molecule has 0 spiro atoms. The van der Waals surface area contributed by atoms with Crippen molar-refractivity contribution >= 4 is 40.5 Å². The molecule has 216 valence electrons.